The minimum absolute atomic E-state index is 0.506. The normalized spacial score (nSPS) is 12.4. The second-order valence-corrected chi connectivity index (χ2v) is 5.64. The fourth-order valence-corrected chi connectivity index (χ4v) is 2.61. The van der Waals surface area contributed by atoms with Crippen LogP contribution in [0.5, 0.6) is 0 Å². The molecular weight excluding hydrogens is 252 g/mol. The quantitative estimate of drug-likeness (QED) is 0.676. The molecule has 0 aliphatic rings. The first-order valence-electron chi connectivity index (χ1n) is 6.85. The van der Waals surface area contributed by atoms with E-state index in [4.69, 9.17) is 11.6 Å². The van der Waals surface area contributed by atoms with Gasteiger partial charge in [0.2, 0.25) is 0 Å². The van der Waals surface area contributed by atoms with Gasteiger partial charge in [-0.15, -0.1) is 11.6 Å². The van der Waals surface area contributed by atoms with Crippen LogP contribution in [0.2, 0.25) is 0 Å². The SMILES string of the molecule is Cc1ccc(CC(CCl)Cc2ccccc2)cc1C. The van der Waals surface area contributed by atoms with Gasteiger partial charge in [-0.3, -0.25) is 0 Å². The van der Waals surface area contributed by atoms with Gasteiger partial charge in [0.15, 0.2) is 0 Å². The van der Waals surface area contributed by atoms with E-state index in [1.165, 1.54) is 22.3 Å². The molecule has 1 atom stereocenters. The average molecular weight is 273 g/mol. The lowest BCUT2D eigenvalue weighted by Crippen LogP contribution is -2.10. The molecule has 1 heteroatoms. The molecule has 2 aromatic carbocycles. The molecule has 2 aromatic rings. The zero-order valence-electron chi connectivity index (χ0n) is 11.7. The van der Waals surface area contributed by atoms with Gasteiger partial charge in [0.1, 0.15) is 0 Å². The van der Waals surface area contributed by atoms with Gasteiger partial charge in [-0.25, -0.2) is 0 Å². The van der Waals surface area contributed by atoms with Crippen molar-refractivity contribution in [1.29, 1.82) is 0 Å². The summed E-state index contributed by atoms with van der Waals surface area (Å²) in [6.07, 6.45) is 2.11. The Morgan fingerprint density at radius 1 is 0.842 bits per heavy atom. The summed E-state index contributed by atoms with van der Waals surface area (Å²) in [6.45, 7) is 4.33. The Balaban J connectivity index is 2.04. The first-order chi connectivity index (χ1) is 9.19. The summed E-state index contributed by atoms with van der Waals surface area (Å²) in [7, 11) is 0. The molecule has 100 valence electrons. The Kier molecular flexibility index (Phi) is 5.04. The van der Waals surface area contributed by atoms with Crippen LogP contribution in [-0.4, -0.2) is 5.88 Å². The maximum atomic E-state index is 6.14. The summed E-state index contributed by atoms with van der Waals surface area (Å²) >= 11 is 6.14. The summed E-state index contributed by atoms with van der Waals surface area (Å²) in [5.41, 5.74) is 5.49. The van der Waals surface area contributed by atoms with Crippen molar-refractivity contribution in [2.75, 3.05) is 5.88 Å². The molecule has 0 bridgehead atoms. The van der Waals surface area contributed by atoms with Gasteiger partial charge in [-0.1, -0.05) is 48.5 Å². The van der Waals surface area contributed by atoms with Crippen molar-refractivity contribution >= 4 is 11.6 Å². The van der Waals surface area contributed by atoms with Crippen LogP contribution in [0.1, 0.15) is 22.3 Å². The minimum Gasteiger partial charge on any atom is -0.126 e. The lowest BCUT2D eigenvalue weighted by molar-refractivity contribution is 0.583. The third kappa shape index (κ3) is 4.11. The van der Waals surface area contributed by atoms with Gasteiger partial charge in [0.05, 0.1) is 0 Å². The number of benzene rings is 2. The molecular formula is C18H21Cl. The molecule has 19 heavy (non-hydrogen) atoms. The Hall–Kier alpha value is -1.27. The summed E-state index contributed by atoms with van der Waals surface area (Å²) in [4.78, 5) is 0. The molecule has 0 amide bonds. The van der Waals surface area contributed by atoms with Gasteiger partial charge >= 0.3 is 0 Å². The third-order valence-electron chi connectivity index (χ3n) is 3.68. The summed E-state index contributed by atoms with van der Waals surface area (Å²) < 4.78 is 0. The van der Waals surface area contributed by atoms with Gasteiger partial charge in [0, 0.05) is 5.88 Å². The number of hydrogen-bond acceptors (Lipinski definition) is 0. The zero-order valence-corrected chi connectivity index (χ0v) is 12.5. The average Bonchev–Trinajstić information content (AvgIpc) is 2.43. The van der Waals surface area contributed by atoms with Crippen molar-refractivity contribution in [1.82, 2.24) is 0 Å². The Labute approximate surface area is 121 Å². The number of hydrogen-bond donors (Lipinski definition) is 0. The van der Waals surface area contributed by atoms with Gasteiger partial charge < -0.3 is 0 Å². The van der Waals surface area contributed by atoms with Crippen LogP contribution < -0.4 is 0 Å². The highest BCUT2D eigenvalue weighted by molar-refractivity contribution is 6.18. The van der Waals surface area contributed by atoms with E-state index in [1.807, 2.05) is 0 Å². The van der Waals surface area contributed by atoms with Crippen LogP contribution in [-0.2, 0) is 12.8 Å². The monoisotopic (exact) mass is 272 g/mol. The van der Waals surface area contributed by atoms with Crippen LogP contribution in [0.25, 0.3) is 0 Å². The zero-order chi connectivity index (χ0) is 13.7. The van der Waals surface area contributed by atoms with E-state index >= 15 is 0 Å². The first kappa shape index (κ1) is 14.1. The maximum absolute atomic E-state index is 6.14. The molecule has 0 N–H and O–H groups in total. The predicted octanol–water partition coefficient (Wildman–Crippen LogP) is 4.94. The van der Waals surface area contributed by atoms with Crippen LogP contribution >= 0.6 is 11.6 Å². The molecule has 0 saturated carbocycles. The van der Waals surface area contributed by atoms with Crippen molar-refractivity contribution in [2.24, 2.45) is 5.92 Å². The molecule has 2 rings (SSSR count). The number of aryl methyl sites for hydroxylation is 2. The van der Waals surface area contributed by atoms with E-state index in [1.54, 1.807) is 0 Å². The topological polar surface area (TPSA) is 0 Å². The smallest absolute Gasteiger partial charge is 0.0258 e. The fraction of sp³-hybridized carbons (Fsp3) is 0.333. The molecule has 0 spiro atoms. The highest BCUT2D eigenvalue weighted by Gasteiger charge is 2.10. The van der Waals surface area contributed by atoms with E-state index in [0.29, 0.717) is 11.8 Å². The van der Waals surface area contributed by atoms with Gasteiger partial charge in [-0.2, -0.15) is 0 Å². The molecule has 0 radical (unpaired) electrons. The Morgan fingerprint density at radius 3 is 2.16 bits per heavy atom. The summed E-state index contributed by atoms with van der Waals surface area (Å²) in [6, 6.07) is 17.3. The molecule has 0 fully saturated rings. The van der Waals surface area contributed by atoms with E-state index < -0.39 is 0 Å². The molecule has 0 aliphatic carbocycles. The summed E-state index contributed by atoms with van der Waals surface area (Å²) in [5, 5.41) is 0. The molecule has 0 saturated heterocycles. The van der Waals surface area contributed by atoms with Crippen molar-refractivity contribution < 1.29 is 0 Å². The van der Waals surface area contributed by atoms with Crippen LogP contribution in [0.3, 0.4) is 0 Å². The van der Waals surface area contributed by atoms with E-state index in [0.717, 1.165) is 12.8 Å². The lowest BCUT2D eigenvalue weighted by Gasteiger charge is -2.15. The van der Waals surface area contributed by atoms with E-state index in [9.17, 15) is 0 Å². The van der Waals surface area contributed by atoms with E-state index in [2.05, 4.69) is 62.4 Å². The van der Waals surface area contributed by atoms with Crippen LogP contribution in [0.4, 0.5) is 0 Å². The van der Waals surface area contributed by atoms with E-state index in [-0.39, 0.29) is 0 Å². The predicted molar refractivity (Wildman–Crippen MR) is 84.0 cm³/mol. The fourth-order valence-electron chi connectivity index (χ4n) is 2.39. The van der Waals surface area contributed by atoms with Gasteiger partial charge in [-0.05, 0) is 54.9 Å². The number of rotatable bonds is 5. The Bertz CT molecular complexity index is 516. The molecule has 0 aliphatic heterocycles. The number of halogens is 1. The minimum atomic E-state index is 0.506. The second-order valence-electron chi connectivity index (χ2n) is 5.33. The van der Waals surface area contributed by atoms with Gasteiger partial charge in [0.25, 0.3) is 0 Å². The summed E-state index contributed by atoms with van der Waals surface area (Å²) in [5.74, 6) is 1.22. The highest BCUT2D eigenvalue weighted by atomic mass is 35.5. The van der Waals surface area contributed by atoms with Crippen molar-refractivity contribution in [3.8, 4) is 0 Å². The maximum Gasteiger partial charge on any atom is 0.0258 e. The second kappa shape index (κ2) is 6.77. The number of alkyl halides is 1. The van der Waals surface area contributed by atoms with Crippen LogP contribution in [0.15, 0.2) is 48.5 Å². The highest BCUT2D eigenvalue weighted by Crippen LogP contribution is 2.18. The molecule has 0 aromatic heterocycles. The Morgan fingerprint density at radius 2 is 1.53 bits per heavy atom. The van der Waals surface area contributed by atoms with Crippen LogP contribution in [0, 0.1) is 19.8 Å². The van der Waals surface area contributed by atoms with Crippen molar-refractivity contribution in [3.05, 3.63) is 70.8 Å². The largest absolute Gasteiger partial charge is 0.126 e. The van der Waals surface area contributed by atoms with Crippen molar-refractivity contribution in [3.63, 3.8) is 0 Å². The molecule has 0 nitrogen and oxygen atoms in total. The molecule has 0 heterocycles. The first-order valence-corrected chi connectivity index (χ1v) is 7.38. The standard InChI is InChI=1S/C18H21Cl/c1-14-8-9-17(10-15(14)2)12-18(13-19)11-16-6-4-3-5-7-16/h3-10,18H,11-13H2,1-2H3. The van der Waals surface area contributed by atoms with Crippen molar-refractivity contribution in [2.45, 2.75) is 26.7 Å². The molecule has 1 unspecified atom stereocenters. The third-order valence-corrected chi connectivity index (χ3v) is 4.12. The lowest BCUT2D eigenvalue weighted by atomic mass is 9.93.